The first-order valence-electron chi connectivity index (χ1n) is 7.92. The van der Waals surface area contributed by atoms with Gasteiger partial charge in [-0.15, -0.1) is 0 Å². The van der Waals surface area contributed by atoms with Crippen molar-refractivity contribution in [3.05, 3.63) is 97.9 Å². The van der Waals surface area contributed by atoms with Crippen molar-refractivity contribution in [1.29, 1.82) is 0 Å². The standard InChI is InChI=1S/C18H14N4O5S/c23-16-11-10-15(18(24)17(16)22-20-12-4-2-1-3-5-12)21-19-13-6-8-14(9-7-13)28(25,26)27/h1-11,19-20H,(H,25,26,27)/b21-15-,22-17+. The monoisotopic (exact) mass is 398 g/mol. The molecule has 10 heteroatoms. The van der Waals surface area contributed by atoms with E-state index < -0.39 is 21.0 Å². The Bertz CT molecular complexity index is 1310. The highest BCUT2D eigenvalue weighted by Crippen LogP contribution is 2.13. The molecule has 3 aromatic carbocycles. The van der Waals surface area contributed by atoms with E-state index in [4.69, 9.17) is 4.55 Å². The molecule has 0 aliphatic carbocycles. The van der Waals surface area contributed by atoms with E-state index in [0.717, 1.165) is 0 Å². The molecule has 0 atom stereocenters. The first-order valence-corrected chi connectivity index (χ1v) is 9.36. The third-order valence-corrected chi connectivity index (χ3v) is 4.47. The molecule has 0 saturated carbocycles. The average molecular weight is 398 g/mol. The quantitative estimate of drug-likeness (QED) is 0.417. The lowest BCUT2D eigenvalue weighted by atomic mass is 10.3. The van der Waals surface area contributed by atoms with Crippen LogP contribution in [0.5, 0.6) is 0 Å². The largest absolute Gasteiger partial charge is 0.294 e. The number of nitrogens with one attached hydrogen (secondary N) is 2. The molecular weight excluding hydrogens is 384 g/mol. The van der Waals surface area contributed by atoms with Gasteiger partial charge in [0, 0.05) is 0 Å². The van der Waals surface area contributed by atoms with Crippen LogP contribution < -0.4 is 32.4 Å². The molecule has 9 nitrogen and oxygen atoms in total. The number of rotatable bonds is 5. The molecule has 28 heavy (non-hydrogen) atoms. The van der Waals surface area contributed by atoms with Crippen molar-refractivity contribution in [2.75, 3.05) is 10.9 Å². The van der Waals surface area contributed by atoms with E-state index in [-0.39, 0.29) is 15.6 Å². The van der Waals surface area contributed by atoms with Crippen molar-refractivity contribution in [1.82, 2.24) is 0 Å². The molecule has 142 valence electrons. The van der Waals surface area contributed by atoms with Crippen molar-refractivity contribution in [3.63, 3.8) is 0 Å². The summed E-state index contributed by atoms with van der Waals surface area (Å²) in [5.41, 5.74) is 5.00. The number of para-hydroxylation sites is 1. The Morgan fingerprint density at radius 3 is 2.00 bits per heavy atom. The number of benzene rings is 3. The van der Waals surface area contributed by atoms with Crippen molar-refractivity contribution >= 4 is 21.5 Å². The van der Waals surface area contributed by atoms with Crippen LogP contribution in [0.3, 0.4) is 0 Å². The summed E-state index contributed by atoms with van der Waals surface area (Å²) in [7, 11) is -4.30. The lowest BCUT2D eigenvalue weighted by molar-refractivity contribution is 0.483. The van der Waals surface area contributed by atoms with E-state index in [0.29, 0.717) is 11.4 Å². The van der Waals surface area contributed by atoms with E-state index >= 15 is 0 Å². The van der Waals surface area contributed by atoms with Gasteiger partial charge in [0.05, 0.1) is 16.3 Å². The molecule has 3 aromatic rings. The molecule has 0 aliphatic heterocycles. The Labute approximate surface area is 158 Å². The van der Waals surface area contributed by atoms with Gasteiger partial charge < -0.3 is 0 Å². The van der Waals surface area contributed by atoms with Crippen LogP contribution in [0.4, 0.5) is 11.4 Å². The van der Waals surface area contributed by atoms with Crippen molar-refractivity contribution in [3.8, 4) is 0 Å². The maximum Gasteiger partial charge on any atom is 0.294 e. The predicted octanol–water partition coefficient (Wildman–Crippen LogP) is 0.385. The molecule has 0 fully saturated rings. The lowest BCUT2D eigenvalue weighted by Gasteiger charge is -2.01. The zero-order valence-electron chi connectivity index (χ0n) is 14.2. The third kappa shape index (κ3) is 4.55. The molecule has 0 saturated heterocycles. The van der Waals surface area contributed by atoms with Gasteiger partial charge in [-0.3, -0.25) is 25.0 Å². The van der Waals surface area contributed by atoms with Gasteiger partial charge in [0.1, 0.15) is 5.36 Å². The normalized spacial score (nSPS) is 12.8. The third-order valence-electron chi connectivity index (χ3n) is 3.60. The fraction of sp³-hybridized carbons (Fsp3) is 0. The molecule has 0 aliphatic rings. The SMILES string of the molecule is O=c1cc/c(=N/Nc2ccc(S(=O)(=O)O)cc2)c(=O)/c1=N/Nc1ccccc1. The minimum absolute atomic E-state index is 0.0490. The van der Waals surface area contributed by atoms with Gasteiger partial charge in [-0.25, -0.2) is 0 Å². The van der Waals surface area contributed by atoms with Crippen LogP contribution in [0.25, 0.3) is 0 Å². The maximum atomic E-state index is 12.4. The molecule has 0 unspecified atom stereocenters. The van der Waals surface area contributed by atoms with E-state index in [2.05, 4.69) is 21.1 Å². The minimum Gasteiger partial charge on any atom is -0.287 e. The first-order chi connectivity index (χ1) is 13.3. The number of nitrogens with zero attached hydrogens (tertiary/aromatic N) is 2. The van der Waals surface area contributed by atoms with Crippen LogP contribution in [0.2, 0.25) is 0 Å². The summed E-state index contributed by atoms with van der Waals surface area (Å²) in [4.78, 5) is 24.1. The van der Waals surface area contributed by atoms with E-state index in [1.165, 1.54) is 36.4 Å². The second kappa shape index (κ2) is 7.94. The highest BCUT2D eigenvalue weighted by Gasteiger charge is 2.08. The number of anilines is 2. The van der Waals surface area contributed by atoms with Crippen LogP contribution >= 0.6 is 0 Å². The maximum absolute atomic E-state index is 12.4. The summed E-state index contributed by atoms with van der Waals surface area (Å²) in [6.07, 6.45) is 0. The molecule has 0 radical (unpaired) electrons. The van der Waals surface area contributed by atoms with Crippen LogP contribution in [-0.4, -0.2) is 13.0 Å². The van der Waals surface area contributed by atoms with Gasteiger partial charge in [-0.05, 0) is 48.5 Å². The molecule has 0 spiro atoms. The molecule has 0 heterocycles. The molecule has 3 N–H and O–H groups in total. The van der Waals surface area contributed by atoms with Crippen molar-refractivity contribution < 1.29 is 13.0 Å². The van der Waals surface area contributed by atoms with Gasteiger partial charge >= 0.3 is 0 Å². The molecule has 0 bridgehead atoms. The fourth-order valence-electron chi connectivity index (χ4n) is 2.20. The first kappa shape index (κ1) is 19.1. The van der Waals surface area contributed by atoms with Crippen LogP contribution in [-0.2, 0) is 10.1 Å². The molecule has 3 rings (SSSR count). The molecular formula is C18H14N4O5S. The second-order valence-electron chi connectivity index (χ2n) is 5.57. The molecule has 0 amide bonds. The van der Waals surface area contributed by atoms with E-state index in [1.54, 1.807) is 24.3 Å². The summed E-state index contributed by atoms with van der Waals surface area (Å²) >= 11 is 0. The fourth-order valence-corrected chi connectivity index (χ4v) is 2.68. The summed E-state index contributed by atoms with van der Waals surface area (Å²) in [6.45, 7) is 0. The predicted molar refractivity (Wildman–Crippen MR) is 102 cm³/mol. The minimum atomic E-state index is -4.30. The van der Waals surface area contributed by atoms with Gasteiger partial charge in [0.15, 0.2) is 5.36 Å². The van der Waals surface area contributed by atoms with Gasteiger partial charge in [-0.1, -0.05) is 18.2 Å². The zero-order chi connectivity index (χ0) is 20.1. The Morgan fingerprint density at radius 1 is 0.750 bits per heavy atom. The van der Waals surface area contributed by atoms with Crippen LogP contribution in [0, 0.1) is 0 Å². The van der Waals surface area contributed by atoms with Gasteiger partial charge in [0.25, 0.3) is 10.1 Å². The Morgan fingerprint density at radius 2 is 1.36 bits per heavy atom. The summed E-state index contributed by atoms with van der Waals surface area (Å²) in [6, 6.07) is 16.3. The van der Waals surface area contributed by atoms with Gasteiger partial charge in [-0.2, -0.15) is 18.6 Å². The summed E-state index contributed by atoms with van der Waals surface area (Å²) < 4.78 is 31.0. The number of hydrogen-bond donors (Lipinski definition) is 3. The lowest BCUT2D eigenvalue weighted by Crippen LogP contribution is -2.47. The highest BCUT2D eigenvalue weighted by molar-refractivity contribution is 7.85. The van der Waals surface area contributed by atoms with Gasteiger partial charge in [0.2, 0.25) is 10.9 Å². The highest BCUT2D eigenvalue weighted by atomic mass is 32.2. The number of hydrogen-bond acceptors (Lipinski definition) is 8. The Kier molecular flexibility index (Phi) is 5.43. The van der Waals surface area contributed by atoms with Crippen molar-refractivity contribution in [2.45, 2.75) is 4.90 Å². The van der Waals surface area contributed by atoms with E-state index in [1.807, 2.05) is 6.07 Å². The van der Waals surface area contributed by atoms with E-state index in [9.17, 15) is 18.0 Å². The average Bonchev–Trinajstić information content (AvgIpc) is 2.68. The second-order valence-corrected chi connectivity index (χ2v) is 6.99. The zero-order valence-corrected chi connectivity index (χ0v) is 15.1. The van der Waals surface area contributed by atoms with Crippen LogP contribution in [0.15, 0.2) is 91.4 Å². The molecule has 0 aromatic heterocycles. The smallest absolute Gasteiger partial charge is 0.287 e. The summed E-state index contributed by atoms with van der Waals surface area (Å²) in [5, 5.41) is 7.44. The van der Waals surface area contributed by atoms with Crippen LogP contribution in [0.1, 0.15) is 0 Å². The topological polar surface area (TPSA) is 137 Å². The van der Waals surface area contributed by atoms with Crippen molar-refractivity contribution in [2.24, 2.45) is 10.2 Å². The Hall–Kier alpha value is -3.63. The Balaban J connectivity index is 1.91. The summed E-state index contributed by atoms with van der Waals surface area (Å²) in [5.74, 6) is 0.